The number of amides is 1. The number of fused-ring (bicyclic) bond motifs is 1. The average molecular weight is 351 g/mol. The van der Waals surface area contributed by atoms with E-state index in [1.54, 1.807) is 19.4 Å². The predicted molar refractivity (Wildman–Crippen MR) is 96.0 cm³/mol. The molecule has 4 heterocycles. The maximum Gasteiger partial charge on any atom is 0.228 e. The zero-order valence-electron chi connectivity index (χ0n) is 14.7. The van der Waals surface area contributed by atoms with Gasteiger partial charge < -0.3 is 9.64 Å². The normalized spacial score (nSPS) is 17.4. The fraction of sp³-hybridized carbons (Fsp3) is 0.368. The molecule has 0 N–H and O–H groups in total. The van der Waals surface area contributed by atoms with E-state index >= 15 is 0 Å². The summed E-state index contributed by atoms with van der Waals surface area (Å²) < 4.78 is 7.22. The Kier molecular flexibility index (Phi) is 4.51. The van der Waals surface area contributed by atoms with Crippen LogP contribution in [0.1, 0.15) is 30.3 Å². The van der Waals surface area contributed by atoms with Gasteiger partial charge in [0.05, 0.1) is 19.2 Å². The van der Waals surface area contributed by atoms with Crippen molar-refractivity contribution in [1.82, 2.24) is 24.5 Å². The Bertz CT molecular complexity index is 923. The van der Waals surface area contributed by atoms with Gasteiger partial charge in [-0.05, 0) is 31.0 Å². The van der Waals surface area contributed by atoms with Crippen molar-refractivity contribution in [1.29, 1.82) is 0 Å². The molecular formula is C19H21N5O2. The second kappa shape index (κ2) is 7.11. The van der Waals surface area contributed by atoms with Crippen LogP contribution in [0.2, 0.25) is 0 Å². The van der Waals surface area contributed by atoms with Crippen LogP contribution in [0.3, 0.4) is 0 Å². The van der Waals surface area contributed by atoms with Gasteiger partial charge in [-0.2, -0.15) is 0 Å². The quantitative estimate of drug-likeness (QED) is 0.720. The number of hydrogen-bond acceptors (Lipinski definition) is 5. The Balaban J connectivity index is 1.48. The molecule has 0 saturated carbocycles. The third kappa shape index (κ3) is 3.24. The zero-order chi connectivity index (χ0) is 17.9. The molecule has 1 aliphatic rings. The van der Waals surface area contributed by atoms with Crippen molar-refractivity contribution in [2.24, 2.45) is 0 Å². The van der Waals surface area contributed by atoms with Crippen molar-refractivity contribution in [2.45, 2.75) is 25.2 Å². The third-order valence-corrected chi connectivity index (χ3v) is 4.84. The molecule has 1 amide bonds. The third-order valence-electron chi connectivity index (χ3n) is 4.84. The molecule has 1 fully saturated rings. The number of ether oxygens (including phenoxy) is 1. The zero-order valence-corrected chi connectivity index (χ0v) is 14.7. The van der Waals surface area contributed by atoms with Crippen LogP contribution in [0, 0.1) is 0 Å². The van der Waals surface area contributed by atoms with Gasteiger partial charge in [0.2, 0.25) is 5.91 Å². The molecule has 0 radical (unpaired) electrons. The molecule has 26 heavy (non-hydrogen) atoms. The van der Waals surface area contributed by atoms with E-state index in [1.807, 2.05) is 39.8 Å². The lowest BCUT2D eigenvalue weighted by Crippen LogP contribution is -2.40. The lowest BCUT2D eigenvalue weighted by Gasteiger charge is -2.32. The van der Waals surface area contributed by atoms with Gasteiger partial charge in [-0.1, -0.05) is 6.07 Å². The summed E-state index contributed by atoms with van der Waals surface area (Å²) in [7, 11) is 1.61. The van der Waals surface area contributed by atoms with Crippen LogP contribution in [0.4, 0.5) is 0 Å². The van der Waals surface area contributed by atoms with Gasteiger partial charge in [0.1, 0.15) is 11.6 Å². The molecule has 0 bridgehead atoms. The number of pyridine rings is 2. The van der Waals surface area contributed by atoms with Crippen molar-refractivity contribution >= 4 is 11.6 Å². The molecule has 3 aromatic heterocycles. The molecule has 134 valence electrons. The fourth-order valence-electron chi connectivity index (χ4n) is 3.50. The topological polar surface area (TPSA) is 72.6 Å². The first kappa shape index (κ1) is 16.5. The largest absolute Gasteiger partial charge is 0.497 e. The van der Waals surface area contributed by atoms with Crippen LogP contribution < -0.4 is 4.74 Å². The highest BCUT2D eigenvalue weighted by atomic mass is 16.5. The summed E-state index contributed by atoms with van der Waals surface area (Å²) in [5, 5.41) is 8.60. The first-order valence-corrected chi connectivity index (χ1v) is 8.81. The Labute approximate surface area is 151 Å². The first-order valence-electron chi connectivity index (χ1n) is 8.81. The van der Waals surface area contributed by atoms with E-state index in [9.17, 15) is 4.79 Å². The summed E-state index contributed by atoms with van der Waals surface area (Å²) in [6.45, 7) is 1.44. The van der Waals surface area contributed by atoms with Crippen LogP contribution >= 0.6 is 0 Å². The summed E-state index contributed by atoms with van der Waals surface area (Å²) in [5.74, 6) is 1.93. The lowest BCUT2D eigenvalue weighted by atomic mass is 9.96. The highest BCUT2D eigenvalue weighted by Crippen LogP contribution is 2.26. The van der Waals surface area contributed by atoms with E-state index in [1.165, 1.54) is 0 Å². The predicted octanol–water partition coefficient (Wildman–Crippen LogP) is 2.08. The Hall–Kier alpha value is -2.96. The van der Waals surface area contributed by atoms with Gasteiger partial charge >= 0.3 is 0 Å². The second-order valence-electron chi connectivity index (χ2n) is 6.53. The highest BCUT2D eigenvalue weighted by molar-refractivity contribution is 5.78. The molecule has 1 saturated heterocycles. The minimum absolute atomic E-state index is 0.0873. The van der Waals surface area contributed by atoms with Crippen molar-refractivity contribution in [3.05, 3.63) is 54.2 Å². The molecule has 0 spiro atoms. The molecule has 0 aliphatic carbocycles. The van der Waals surface area contributed by atoms with Gasteiger partial charge in [-0.15, -0.1) is 10.2 Å². The maximum absolute atomic E-state index is 12.7. The number of carbonyl (C=O) groups is 1. The highest BCUT2D eigenvalue weighted by Gasteiger charge is 2.28. The Morgan fingerprint density at radius 2 is 2.23 bits per heavy atom. The van der Waals surface area contributed by atoms with Crippen LogP contribution in [0.25, 0.3) is 5.65 Å². The number of hydrogen-bond donors (Lipinski definition) is 0. The van der Waals surface area contributed by atoms with Gasteiger partial charge in [0.25, 0.3) is 0 Å². The van der Waals surface area contributed by atoms with Gasteiger partial charge in [-0.25, -0.2) is 0 Å². The minimum atomic E-state index is 0.0873. The standard InChI is InChI=1S/C19H21N5O2/c1-26-16-7-8-20-15(11-16)12-18(25)23-9-4-5-14(13-23)19-22-21-17-6-2-3-10-24(17)19/h2-3,6-8,10-11,14H,4-5,9,12-13H2,1H3. The molecular weight excluding hydrogens is 330 g/mol. The number of carbonyl (C=O) groups excluding carboxylic acids is 1. The summed E-state index contributed by atoms with van der Waals surface area (Å²) in [6.07, 6.45) is 5.90. The Morgan fingerprint density at radius 1 is 1.31 bits per heavy atom. The SMILES string of the molecule is COc1ccnc(CC(=O)N2CCCC(c3nnc4ccccn34)C2)c1. The van der Waals surface area contributed by atoms with E-state index in [-0.39, 0.29) is 18.2 Å². The van der Waals surface area contributed by atoms with E-state index < -0.39 is 0 Å². The van der Waals surface area contributed by atoms with Crippen molar-refractivity contribution in [2.75, 3.05) is 20.2 Å². The summed E-state index contributed by atoms with van der Waals surface area (Å²) in [4.78, 5) is 18.9. The Morgan fingerprint density at radius 3 is 3.12 bits per heavy atom. The second-order valence-corrected chi connectivity index (χ2v) is 6.53. The molecule has 1 atom stereocenters. The molecule has 4 rings (SSSR count). The van der Waals surface area contributed by atoms with E-state index in [4.69, 9.17) is 4.74 Å². The summed E-state index contributed by atoms with van der Waals surface area (Å²) in [5.41, 5.74) is 1.57. The summed E-state index contributed by atoms with van der Waals surface area (Å²) in [6, 6.07) is 9.45. The van der Waals surface area contributed by atoms with E-state index in [0.717, 1.165) is 36.6 Å². The maximum atomic E-state index is 12.7. The van der Waals surface area contributed by atoms with E-state index in [0.29, 0.717) is 12.3 Å². The van der Waals surface area contributed by atoms with Crippen LogP contribution in [-0.4, -0.2) is 50.6 Å². The van der Waals surface area contributed by atoms with Crippen molar-refractivity contribution in [3.63, 3.8) is 0 Å². The number of methoxy groups -OCH3 is 1. The smallest absolute Gasteiger partial charge is 0.228 e. The monoisotopic (exact) mass is 351 g/mol. The van der Waals surface area contributed by atoms with Crippen LogP contribution in [-0.2, 0) is 11.2 Å². The number of rotatable bonds is 4. The van der Waals surface area contributed by atoms with Crippen molar-refractivity contribution < 1.29 is 9.53 Å². The van der Waals surface area contributed by atoms with Crippen LogP contribution in [0.5, 0.6) is 5.75 Å². The number of aromatic nitrogens is 4. The molecule has 0 aromatic carbocycles. The fourth-order valence-corrected chi connectivity index (χ4v) is 3.50. The van der Waals surface area contributed by atoms with Gasteiger partial charge in [0.15, 0.2) is 5.65 Å². The number of nitrogens with zero attached hydrogens (tertiary/aromatic N) is 5. The number of piperidine rings is 1. The molecule has 7 heteroatoms. The minimum Gasteiger partial charge on any atom is -0.497 e. The first-order chi connectivity index (χ1) is 12.7. The van der Waals surface area contributed by atoms with Gasteiger partial charge in [-0.3, -0.25) is 14.2 Å². The summed E-state index contributed by atoms with van der Waals surface area (Å²) >= 11 is 0. The van der Waals surface area contributed by atoms with Crippen LogP contribution in [0.15, 0.2) is 42.7 Å². The van der Waals surface area contributed by atoms with Gasteiger partial charge in [0, 0.05) is 37.5 Å². The molecule has 3 aromatic rings. The molecule has 7 nitrogen and oxygen atoms in total. The molecule has 1 aliphatic heterocycles. The van der Waals surface area contributed by atoms with E-state index in [2.05, 4.69) is 15.2 Å². The molecule has 1 unspecified atom stereocenters. The average Bonchev–Trinajstić information content (AvgIpc) is 3.12. The number of likely N-dealkylation sites (tertiary alicyclic amines) is 1. The lowest BCUT2D eigenvalue weighted by molar-refractivity contribution is -0.131. The van der Waals surface area contributed by atoms with Crippen molar-refractivity contribution in [3.8, 4) is 5.75 Å².